The first-order chi connectivity index (χ1) is 11.0. The molecule has 0 spiro atoms. The van der Waals surface area contributed by atoms with Crippen LogP contribution >= 0.6 is 0 Å². The molecule has 124 valence electrons. The van der Waals surface area contributed by atoms with Crippen LogP contribution in [0.25, 0.3) is 0 Å². The minimum Gasteiger partial charge on any atom is -0.462 e. The Morgan fingerprint density at radius 1 is 0.913 bits per heavy atom. The molecule has 0 saturated carbocycles. The quantitative estimate of drug-likeness (QED) is 0.392. The molecule has 0 heterocycles. The summed E-state index contributed by atoms with van der Waals surface area (Å²) in [7, 11) is 0. The average Bonchev–Trinajstić information content (AvgIpc) is 2.53. The van der Waals surface area contributed by atoms with Crippen molar-refractivity contribution >= 4 is 23.5 Å². The SMILES string of the molecule is CCOC(=O)C(=O)CC(=O)CCc1ccc(C(=O)OCC)cc1. The van der Waals surface area contributed by atoms with Crippen molar-refractivity contribution in [2.75, 3.05) is 13.2 Å². The standard InChI is InChI=1S/C17H20O6/c1-3-22-16(20)13-8-5-12(6-9-13)7-10-14(18)11-15(19)17(21)23-4-2/h5-6,8-9H,3-4,7,10-11H2,1-2H3. The Balaban J connectivity index is 2.45. The summed E-state index contributed by atoms with van der Waals surface area (Å²) in [4.78, 5) is 45.7. The van der Waals surface area contributed by atoms with Gasteiger partial charge in [0.25, 0.3) is 0 Å². The van der Waals surface area contributed by atoms with E-state index in [4.69, 9.17) is 4.74 Å². The van der Waals surface area contributed by atoms with Gasteiger partial charge in [0.05, 0.1) is 25.2 Å². The molecule has 0 saturated heterocycles. The number of carbonyl (C=O) groups is 4. The van der Waals surface area contributed by atoms with Gasteiger partial charge in [0.1, 0.15) is 5.78 Å². The molecule has 0 unspecified atom stereocenters. The van der Waals surface area contributed by atoms with Crippen LogP contribution in [-0.4, -0.2) is 36.7 Å². The van der Waals surface area contributed by atoms with Crippen molar-refractivity contribution in [3.8, 4) is 0 Å². The van der Waals surface area contributed by atoms with Gasteiger partial charge in [0, 0.05) is 6.42 Å². The van der Waals surface area contributed by atoms with Crippen molar-refractivity contribution in [2.45, 2.75) is 33.1 Å². The number of rotatable bonds is 9. The molecule has 0 amide bonds. The van der Waals surface area contributed by atoms with Crippen LogP contribution in [0.15, 0.2) is 24.3 Å². The molecule has 0 fully saturated rings. The van der Waals surface area contributed by atoms with Crippen LogP contribution in [0.4, 0.5) is 0 Å². The minimum absolute atomic E-state index is 0.103. The Bertz CT molecular complexity index is 573. The Labute approximate surface area is 134 Å². The van der Waals surface area contributed by atoms with E-state index in [-0.39, 0.29) is 18.8 Å². The van der Waals surface area contributed by atoms with Crippen LogP contribution in [0.3, 0.4) is 0 Å². The van der Waals surface area contributed by atoms with E-state index in [9.17, 15) is 19.2 Å². The van der Waals surface area contributed by atoms with Crippen LogP contribution in [0, 0.1) is 0 Å². The van der Waals surface area contributed by atoms with E-state index >= 15 is 0 Å². The zero-order chi connectivity index (χ0) is 17.2. The second kappa shape index (κ2) is 9.50. The van der Waals surface area contributed by atoms with Crippen molar-refractivity contribution in [3.63, 3.8) is 0 Å². The molecule has 0 N–H and O–H groups in total. The van der Waals surface area contributed by atoms with Gasteiger partial charge in [-0.1, -0.05) is 12.1 Å². The molecule has 1 aromatic rings. The molecule has 0 radical (unpaired) electrons. The summed E-state index contributed by atoms with van der Waals surface area (Å²) < 4.78 is 9.42. The van der Waals surface area contributed by atoms with Crippen LogP contribution in [0.5, 0.6) is 0 Å². The molecule has 0 aliphatic carbocycles. The number of esters is 2. The second-order valence-corrected chi connectivity index (χ2v) is 4.78. The van der Waals surface area contributed by atoms with Crippen molar-refractivity contribution in [1.29, 1.82) is 0 Å². The first kappa shape index (κ1) is 18.5. The van der Waals surface area contributed by atoms with E-state index < -0.39 is 24.1 Å². The summed E-state index contributed by atoms with van der Waals surface area (Å²) in [6.07, 6.45) is 0.127. The van der Waals surface area contributed by atoms with Crippen molar-refractivity contribution < 1.29 is 28.7 Å². The highest BCUT2D eigenvalue weighted by Gasteiger charge is 2.18. The smallest absolute Gasteiger partial charge is 0.375 e. The lowest BCUT2D eigenvalue weighted by molar-refractivity contribution is -0.154. The molecular formula is C17H20O6. The molecule has 0 bridgehead atoms. The lowest BCUT2D eigenvalue weighted by Gasteiger charge is -2.04. The summed E-state index contributed by atoms with van der Waals surface area (Å²) in [5, 5.41) is 0. The minimum atomic E-state index is -0.973. The van der Waals surface area contributed by atoms with Crippen LogP contribution in [0.2, 0.25) is 0 Å². The third-order valence-electron chi connectivity index (χ3n) is 3.02. The molecule has 6 heteroatoms. The molecule has 0 aliphatic rings. The predicted molar refractivity (Wildman–Crippen MR) is 82.0 cm³/mol. The number of hydrogen-bond acceptors (Lipinski definition) is 6. The highest BCUT2D eigenvalue weighted by atomic mass is 16.5. The summed E-state index contributed by atoms with van der Waals surface area (Å²) in [5.74, 6) is -2.51. The predicted octanol–water partition coefficient (Wildman–Crippen LogP) is 1.89. The largest absolute Gasteiger partial charge is 0.462 e. The van der Waals surface area contributed by atoms with E-state index in [0.29, 0.717) is 18.6 Å². The van der Waals surface area contributed by atoms with Crippen LogP contribution in [-0.2, 0) is 30.3 Å². The molecular weight excluding hydrogens is 300 g/mol. The Kier molecular flexibility index (Phi) is 7.66. The van der Waals surface area contributed by atoms with Gasteiger partial charge in [-0.25, -0.2) is 9.59 Å². The van der Waals surface area contributed by atoms with E-state index in [0.717, 1.165) is 5.56 Å². The number of hydrogen-bond donors (Lipinski definition) is 0. The molecule has 6 nitrogen and oxygen atoms in total. The van der Waals surface area contributed by atoms with Crippen molar-refractivity contribution in [2.24, 2.45) is 0 Å². The molecule has 1 aromatic carbocycles. The number of aryl methyl sites for hydroxylation is 1. The fourth-order valence-electron chi connectivity index (χ4n) is 1.86. The maximum absolute atomic E-state index is 11.7. The highest BCUT2D eigenvalue weighted by molar-refractivity contribution is 6.37. The third kappa shape index (κ3) is 6.42. The zero-order valence-corrected chi connectivity index (χ0v) is 13.3. The average molecular weight is 320 g/mol. The van der Waals surface area contributed by atoms with E-state index in [1.165, 1.54) is 0 Å². The van der Waals surface area contributed by atoms with E-state index in [1.807, 2.05) is 0 Å². The molecule has 0 aromatic heterocycles. The first-order valence-electron chi connectivity index (χ1n) is 7.45. The van der Waals surface area contributed by atoms with Crippen molar-refractivity contribution in [1.82, 2.24) is 0 Å². The Morgan fingerprint density at radius 3 is 2.09 bits per heavy atom. The number of carbonyl (C=O) groups excluding carboxylic acids is 4. The number of Topliss-reactive ketones (excluding diaryl/α,β-unsaturated/α-hetero) is 2. The van der Waals surface area contributed by atoms with E-state index in [1.54, 1.807) is 38.1 Å². The van der Waals surface area contributed by atoms with Crippen LogP contribution < -0.4 is 0 Å². The number of ketones is 2. The normalized spacial score (nSPS) is 10.0. The van der Waals surface area contributed by atoms with Crippen LogP contribution in [0.1, 0.15) is 42.6 Å². The van der Waals surface area contributed by atoms with E-state index in [2.05, 4.69) is 4.74 Å². The van der Waals surface area contributed by atoms with Gasteiger partial charge in [0.2, 0.25) is 5.78 Å². The topological polar surface area (TPSA) is 86.7 Å². The maximum atomic E-state index is 11.7. The maximum Gasteiger partial charge on any atom is 0.375 e. The number of benzene rings is 1. The monoisotopic (exact) mass is 320 g/mol. The van der Waals surface area contributed by atoms with Gasteiger partial charge in [0.15, 0.2) is 0 Å². The van der Waals surface area contributed by atoms with Crippen molar-refractivity contribution in [3.05, 3.63) is 35.4 Å². The molecule has 23 heavy (non-hydrogen) atoms. The number of ether oxygens (including phenoxy) is 2. The zero-order valence-electron chi connectivity index (χ0n) is 13.3. The Hall–Kier alpha value is -2.50. The van der Waals surface area contributed by atoms with Gasteiger partial charge in [-0.3, -0.25) is 9.59 Å². The third-order valence-corrected chi connectivity index (χ3v) is 3.02. The lowest BCUT2D eigenvalue weighted by atomic mass is 10.0. The highest BCUT2D eigenvalue weighted by Crippen LogP contribution is 2.09. The van der Waals surface area contributed by atoms with Gasteiger partial charge in [-0.15, -0.1) is 0 Å². The Morgan fingerprint density at radius 2 is 1.52 bits per heavy atom. The molecule has 0 atom stereocenters. The van der Waals surface area contributed by atoms with Gasteiger partial charge < -0.3 is 9.47 Å². The first-order valence-corrected chi connectivity index (χ1v) is 7.45. The van der Waals surface area contributed by atoms with Gasteiger partial charge in [-0.2, -0.15) is 0 Å². The summed E-state index contributed by atoms with van der Waals surface area (Å²) >= 11 is 0. The molecule has 0 aliphatic heterocycles. The summed E-state index contributed by atoms with van der Waals surface area (Å²) in [6.45, 7) is 3.73. The van der Waals surface area contributed by atoms with Gasteiger partial charge >= 0.3 is 11.9 Å². The van der Waals surface area contributed by atoms with Gasteiger partial charge in [-0.05, 0) is 38.0 Å². The summed E-state index contributed by atoms with van der Waals surface area (Å²) in [5.41, 5.74) is 1.30. The molecule has 1 rings (SSSR count). The second-order valence-electron chi connectivity index (χ2n) is 4.78. The lowest BCUT2D eigenvalue weighted by Crippen LogP contribution is -2.20. The fraction of sp³-hybridized carbons (Fsp3) is 0.412. The fourth-order valence-corrected chi connectivity index (χ4v) is 1.86. The summed E-state index contributed by atoms with van der Waals surface area (Å²) in [6, 6.07) is 6.71.